The van der Waals surface area contributed by atoms with E-state index in [-0.39, 0.29) is 11.8 Å². The molecule has 1 N–H and O–H groups in total. The maximum absolute atomic E-state index is 13.1. The summed E-state index contributed by atoms with van der Waals surface area (Å²) in [6.45, 7) is 1.59. The van der Waals surface area contributed by atoms with Crippen molar-refractivity contribution in [3.63, 3.8) is 0 Å². The smallest absolute Gasteiger partial charge is 0.259 e. The second-order valence-corrected chi connectivity index (χ2v) is 6.84. The molecule has 0 spiro atoms. The van der Waals surface area contributed by atoms with Gasteiger partial charge >= 0.3 is 0 Å². The molecule has 3 nitrogen and oxygen atoms in total. The van der Waals surface area contributed by atoms with E-state index in [4.69, 9.17) is 0 Å². The van der Waals surface area contributed by atoms with Crippen LogP contribution in [0.2, 0.25) is 0 Å². The van der Waals surface area contributed by atoms with Crippen LogP contribution < -0.4 is 0 Å². The van der Waals surface area contributed by atoms with Crippen LogP contribution in [-0.2, 0) is 10.4 Å². The van der Waals surface area contributed by atoms with Gasteiger partial charge in [0.25, 0.3) is 5.91 Å². The van der Waals surface area contributed by atoms with Gasteiger partial charge in [0.1, 0.15) is 0 Å². The highest BCUT2D eigenvalue weighted by Crippen LogP contribution is 2.47. The highest BCUT2D eigenvalue weighted by molar-refractivity contribution is 5.87. The predicted molar refractivity (Wildman–Crippen MR) is 80.2 cm³/mol. The third-order valence-corrected chi connectivity index (χ3v) is 5.54. The fraction of sp³-hybridized carbons (Fsp3) is 0.556. The minimum absolute atomic E-state index is 0.0632. The number of fused-ring (bicyclic) bond motifs is 1. The summed E-state index contributed by atoms with van der Waals surface area (Å²) in [6, 6.07) is 9.57. The molecule has 2 saturated carbocycles. The van der Waals surface area contributed by atoms with E-state index < -0.39 is 5.60 Å². The van der Waals surface area contributed by atoms with Crippen LogP contribution in [0, 0.1) is 24.2 Å². The topological polar surface area (TPSA) is 40.5 Å². The van der Waals surface area contributed by atoms with E-state index in [2.05, 4.69) is 6.42 Å². The Morgan fingerprint density at radius 1 is 1.10 bits per heavy atom. The van der Waals surface area contributed by atoms with E-state index in [9.17, 15) is 9.90 Å². The molecule has 3 atom stereocenters. The molecule has 3 fully saturated rings. The van der Waals surface area contributed by atoms with Crippen molar-refractivity contribution < 1.29 is 9.90 Å². The fourth-order valence-corrected chi connectivity index (χ4v) is 4.21. The summed E-state index contributed by atoms with van der Waals surface area (Å²) < 4.78 is 0. The van der Waals surface area contributed by atoms with E-state index >= 15 is 0 Å². The van der Waals surface area contributed by atoms with Gasteiger partial charge < -0.3 is 10.0 Å². The van der Waals surface area contributed by atoms with Crippen LogP contribution in [0.15, 0.2) is 30.3 Å². The quantitative estimate of drug-likeness (QED) is 0.925. The number of hydrogen-bond acceptors (Lipinski definition) is 2. The van der Waals surface area contributed by atoms with Crippen molar-refractivity contribution in [3.05, 3.63) is 42.3 Å². The lowest BCUT2D eigenvalue weighted by Gasteiger charge is -2.37. The molecule has 3 aliphatic rings. The molecule has 2 aliphatic carbocycles. The number of hydrogen-bond donors (Lipinski definition) is 1. The number of carbonyl (C=O) groups is 1. The Balaban J connectivity index is 1.67. The van der Waals surface area contributed by atoms with E-state index in [1.165, 1.54) is 0 Å². The molecule has 0 bridgehead atoms. The van der Waals surface area contributed by atoms with Gasteiger partial charge in [-0.25, -0.2) is 0 Å². The number of rotatable bonds is 3. The monoisotopic (exact) mass is 284 g/mol. The average molecular weight is 284 g/mol. The highest BCUT2D eigenvalue weighted by Gasteiger charge is 2.53. The van der Waals surface area contributed by atoms with Gasteiger partial charge in [0.15, 0.2) is 5.60 Å². The molecule has 1 amide bonds. The van der Waals surface area contributed by atoms with Gasteiger partial charge in [-0.1, -0.05) is 43.2 Å². The summed E-state index contributed by atoms with van der Waals surface area (Å²) in [5.41, 5.74) is -0.555. The molecule has 1 saturated heterocycles. The molecule has 1 aliphatic heterocycles. The van der Waals surface area contributed by atoms with Crippen LogP contribution in [-0.4, -0.2) is 29.0 Å². The lowest BCUT2D eigenvalue weighted by atomic mass is 9.79. The van der Waals surface area contributed by atoms with Crippen LogP contribution in [0.4, 0.5) is 0 Å². The lowest BCUT2D eigenvalue weighted by molar-refractivity contribution is -0.158. The van der Waals surface area contributed by atoms with Crippen LogP contribution in [0.5, 0.6) is 0 Å². The molecule has 21 heavy (non-hydrogen) atoms. The van der Waals surface area contributed by atoms with Crippen molar-refractivity contribution in [2.75, 3.05) is 13.1 Å². The van der Waals surface area contributed by atoms with Gasteiger partial charge in [-0.2, -0.15) is 0 Å². The van der Waals surface area contributed by atoms with Gasteiger partial charge in [-0.05, 0) is 36.7 Å². The number of piperidine rings is 1. The summed E-state index contributed by atoms with van der Waals surface area (Å²) in [5, 5.41) is 11.4. The van der Waals surface area contributed by atoms with Crippen molar-refractivity contribution in [2.24, 2.45) is 17.8 Å². The third kappa shape index (κ3) is 2.10. The molecule has 3 heteroatoms. The molecule has 1 radical (unpaired) electrons. The standard InChI is InChI=1S/C18H22NO2/c20-17(19-11-13-10-14(13)12-19)18(21,16-8-4-5-9-16)15-6-2-1-3-7-15/h1-3,6-7,10,13-14,16,21H,4-5,8-9,11-12H2. The molecule has 4 rings (SSSR count). The maximum Gasteiger partial charge on any atom is 0.259 e. The molecule has 1 heterocycles. The number of benzene rings is 1. The highest BCUT2D eigenvalue weighted by atomic mass is 16.3. The number of nitrogens with zero attached hydrogens (tertiary/aromatic N) is 1. The molecular weight excluding hydrogens is 262 g/mol. The van der Waals surface area contributed by atoms with E-state index in [1.54, 1.807) is 0 Å². The Labute approximate surface area is 126 Å². The average Bonchev–Trinajstić information content (AvgIpc) is 2.98. The summed E-state index contributed by atoms with van der Waals surface area (Å²) >= 11 is 0. The fourth-order valence-electron chi connectivity index (χ4n) is 4.21. The Morgan fingerprint density at radius 2 is 1.71 bits per heavy atom. The minimum Gasteiger partial charge on any atom is -0.375 e. The molecule has 111 valence electrons. The second-order valence-electron chi connectivity index (χ2n) is 6.84. The van der Waals surface area contributed by atoms with Gasteiger partial charge in [-0.3, -0.25) is 4.79 Å². The summed E-state index contributed by atoms with van der Waals surface area (Å²) in [7, 11) is 0. The zero-order valence-corrected chi connectivity index (χ0v) is 12.2. The second kappa shape index (κ2) is 4.84. The lowest BCUT2D eigenvalue weighted by Crippen LogP contribution is -2.50. The van der Waals surface area contributed by atoms with Crippen LogP contribution in [0.1, 0.15) is 31.2 Å². The largest absolute Gasteiger partial charge is 0.375 e. The van der Waals surface area contributed by atoms with Crippen molar-refractivity contribution in [2.45, 2.75) is 31.3 Å². The number of amides is 1. The normalized spacial score (nSPS) is 31.0. The molecular formula is C18H22NO2. The molecule has 1 aromatic rings. The van der Waals surface area contributed by atoms with Crippen molar-refractivity contribution in [1.29, 1.82) is 0 Å². The van der Waals surface area contributed by atoms with Gasteiger partial charge in [0.05, 0.1) is 0 Å². The maximum atomic E-state index is 13.1. The van der Waals surface area contributed by atoms with Crippen LogP contribution in [0.3, 0.4) is 0 Å². The summed E-state index contributed by atoms with van der Waals surface area (Å²) in [4.78, 5) is 15.0. The Bertz CT molecular complexity index is 527. The Hall–Kier alpha value is -1.35. The third-order valence-electron chi connectivity index (χ3n) is 5.54. The predicted octanol–water partition coefficient (Wildman–Crippen LogP) is 2.36. The molecule has 1 aromatic carbocycles. The minimum atomic E-state index is -1.32. The van der Waals surface area contributed by atoms with E-state index in [1.807, 2.05) is 35.2 Å². The van der Waals surface area contributed by atoms with Crippen molar-refractivity contribution in [3.8, 4) is 0 Å². The first kappa shape index (κ1) is 13.3. The number of carbonyl (C=O) groups excluding carboxylic acids is 1. The Morgan fingerprint density at radius 3 is 2.33 bits per heavy atom. The zero-order chi connectivity index (χ0) is 14.4. The summed E-state index contributed by atoms with van der Waals surface area (Å²) in [6.07, 6.45) is 6.44. The van der Waals surface area contributed by atoms with Crippen molar-refractivity contribution in [1.82, 2.24) is 4.90 Å². The van der Waals surface area contributed by atoms with E-state index in [0.717, 1.165) is 44.3 Å². The van der Waals surface area contributed by atoms with Crippen LogP contribution >= 0.6 is 0 Å². The zero-order valence-electron chi connectivity index (χ0n) is 12.2. The first-order valence-electron chi connectivity index (χ1n) is 8.12. The van der Waals surface area contributed by atoms with Crippen LogP contribution in [0.25, 0.3) is 0 Å². The number of aliphatic hydroxyl groups is 1. The molecule has 3 unspecified atom stereocenters. The van der Waals surface area contributed by atoms with Gasteiger partial charge in [-0.15, -0.1) is 0 Å². The van der Waals surface area contributed by atoms with E-state index in [0.29, 0.717) is 11.8 Å². The SMILES string of the molecule is O=C(N1CC2[CH]C2C1)C(O)(c1ccccc1)C1CCCC1. The summed E-state index contributed by atoms with van der Waals surface area (Å²) in [5.74, 6) is 1.16. The number of likely N-dealkylation sites (tertiary alicyclic amines) is 1. The first-order chi connectivity index (χ1) is 10.2. The van der Waals surface area contributed by atoms with Crippen molar-refractivity contribution >= 4 is 5.91 Å². The Kier molecular flexibility index (Phi) is 3.07. The van der Waals surface area contributed by atoms with Gasteiger partial charge in [0.2, 0.25) is 0 Å². The first-order valence-corrected chi connectivity index (χ1v) is 8.12. The molecule has 0 aromatic heterocycles. The van der Waals surface area contributed by atoms with Gasteiger partial charge in [0, 0.05) is 19.0 Å².